The summed E-state index contributed by atoms with van der Waals surface area (Å²) in [5.74, 6) is 0.149. The van der Waals surface area contributed by atoms with Crippen LogP contribution in [-0.2, 0) is 16.0 Å². The van der Waals surface area contributed by atoms with E-state index in [1.807, 2.05) is 6.07 Å². The van der Waals surface area contributed by atoms with E-state index in [9.17, 15) is 4.79 Å². The van der Waals surface area contributed by atoms with Crippen LogP contribution in [0.5, 0.6) is 0 Å². The SMILES string of the molecule is COCC1(C(=O)NC(C)CCc2ccccc2)CCNCC1. The topological polar surface area (TPSA) is 50.4 Å². The molecule has 1 atom stereocenters. The molecule has 1 unspecified atom stereocenters. The van der Waals surface area contributed by atoms with Gasteiger partial charge in [-0.25, -0.2) is 0 Å². The quantitative estimate of drug-likeness (QED) is 0.811. The zero-order chi connectivity index (χ0) is 15.8. The third kappa shape index (κ3) is 4.55. The maximum Gasteiger partial charge on any atom is 0.228 e. The standard InChI is InChI=1S/C18H28N2O2/c1-15(8-9-16-6-4-3-5-7-16)20-17(21)18(14-22-2)10-12-19-13-11-18/h3-7,15,19H,8-14H2,1-2H3,(H,20,21). The Morgan fingerprint density at radius 3 is 2.64 bits per heavy atom. The zero-order valence-electron chi connectivity index (χ0n) is 13.7. The molecular weight excluding hydrogens is 276 g/mol. The second kappa shape index (κ2) is 8.30. The summed E-state index contributed by atoms with van der Waals surface area (Å²) in [6.45, 7) is 4.36. The van der Waals surface area contributed by atoms with Crippen molar-refractivity contribution in [3.8, 4) is 0 Å². The predicted octanol–water partition coefficient (Wildman–Crippen LogP) is 2.14. The Kier molecular flexibility index (Phi) is 6.40. The molecule has 2 N–H and O–H groups in total. The summed E-state index contributed by atoms with van der Waals surface area (Å²) in [5, 5.41) is 6.52. The lowest BCUT2D eigenvalue weighted by molar-refractivity contribution is -0.136. The summed E-state index contributed by atoms with van der Waals surface area (Å²) in [6, 6.07) is 10.6. The third-order valence-electron chi connectivity index (χ3n) is 4.55. The zero-order valence-corrected chi connectivity index (χ0v) is 13.7. The van der Waals surface area contributed by atoms with Crippen LogP contribution < -0.4 is 10.6 Å². The number of piperidine rings is 1. The Balaban J connectivity index is 1.86. The van der Waals surface area contributed by atoms with Gasteiger partial charge in [-0.05, 0) is 51.3 Å². The first-order chi connectivity index (χ1) is 10.7. The minimum atomic E-state index is -0.360. The van der Waals surface area contributed by atoms with Gasteiger partial charge in [-0.3, -0.25) is 4.79 Å². The number of methoxy groups -OCH3 is 1. The van der Waals surface area contributed by atoms with Crippen molar-refractivity contribution in [2.24, 2.45) is 5.41 Å². The Labute approximate surface area is 133 Å². The van der Waals surface area contributed by atoms with Crippen molar-refractivity contribution in [3.05, 3.63) is 35.9 Å². The van der Waals surface area contributed by atoms with E-state index in [1.165, 1.54) is 5.56 Å². The maximum absolute atomic E-state index is 12.7. The Morgan fingerprint density at radius 1 is 1.32 bits per heavy atom. The van der Waals surface area contributed by atoms with E-state index in [1.54, 1.807) is 7.11 Å². The Hall–Kier alpha value is -1.39. The molecule has 1 fully saturated rings. The highest BCUT2D eigenvalue weighted by Crippen LogP contribution is 2.29. The van der Waals surface area contributed by atoms with Crippen LogP contribution in [0.15, 0.2) is 30.3 Å². The minimum absolute atomic E-state index is 0.149. The highest BCUT2D eigenvalue weighted by Gasteiger charge is 2.39. The normalized spacial score (nSPS) is 18.6. The van der Waals surface area contributed by atoms with E-state index in [4.69, 9.17) is 4.74 Å². The van der Waals surface area contributed by atoms with Crippen LogP contribution in [0, 0.1) is 5.41 Å². The Bertz CT molecular complexity index is 450. The first-order valence-corrected chi connectivity index (χ1v) is 8.21. The van der Waals surface area contributed by atoms with Crippen molar-refractivity contribution in [1.29, 1.82) is 0 Å². The van der Waals surface area contributed by atoms with Crippen LogP contribution in [0.1, 0.15) is 31.7 Å². The molecule has 0 bridgehead atoms. The second-order valence-electron chi connectivity index (χ2n) is 6.36. The number of nitrogens with one attached hydrogen (secondary N) is 2. The van der Waals surface area contributed by atoms with Gasteiger partial charge < -0.3 is 15.4 Å². The summed E-state index contributed by atoms with van der Waals surface area (Å²) in [7, 11) is 1.68. The fraction of sp³-hybridized carbons (Fsp3) is 0.611. The summed E-state index contributed by atoms with van der Waals surface area (Å²) in [5.41, 5.74) is 0.957. The molecule has 2 rings (SSSR count). The van der Waals surface area contributed by atoms with Gasteiger partial charge in [0.1, 0.15) is 0 Å². The van der Waals surface area contributed by atoms with E-state index in [0.29, 0.717) is 6.61 Å². The molecule has 0 spiro atoms. The van der Waals surface area contributed by atoms with Gasteiger partial charge in [0.15, 0.2) is 0 Å². The van der Waals surface area contributed by atoms with Gasteiger partial charge in [-0.2, -0.15) is 0 Å². The van der Waals surface area contributed by atoms with Crippen LogP contribution in [0.25, 0.3) is 0 Å². The van der Waals surface area contributed by atoms with Crippen LogP contribution >= 0.6 is 0 Å². The van der Waals surface area contributed by atoms with Crippen LogP contribution in [0.3, 0.4) is 0 Å². The summed E-state index contributed by atoms with van der Waals surface area (Å²) >= 11 is 0. The van der Waals surface area contributed by atoms with E-state index >= 15 is 0 Å². The highest BCUT2D eigenvalue weighted by molar-refractivity contribution is 5.83. The van der Waals surface area contributed by atoms with E-state index < -0.39 is 0 Å². The number of benzene rings is 1. The first-order valence-electron chi connectivity index (χ1n) is 8.21. The number of carbonyl (C=O) groups is 1. The molecule has 1 amide bonds. The molecule has 1 heterocycles. The number of aryl methyl sites for hydroxylation is 1. The van der Waals surface area contributed by atoms with Crippen LogP contribution in [-0.4, -0.2) is 38.8 Å². The average molecular weight is 304 g/mol. The van der Waals surface area contributed by atoms with Crippen molar-refractivity contribution in [3.63, 3.8) is 0 Å². The molecule has 0 aromatic heterocycles. The summed E-state index contributed by atoms with van der Waals surface area (Å²) in [6.07, 6.45) is 3.63. The van der Waals surface area contributed by atoms with Gasteiger partial charge in [0.25, 0.3) is 0 Å². The van der Waals surface area contributed by atoms with Crippen LogP contribution in [0.4, 0.5) is 0 Å². The van der Waals surface area contributed by atoms with Gasteiger partial charge in [0.05, 0.1) is 12.0 Å². The fourth-order valence-electron chi connectivity index (χ4n) is 3.10. The van der Waals surface area contributed by atoms with Crippen molar-refractivity contribution < 1.29 is 9.53 Å². The first kappa shape index (κ1) is 17.0. The smallest absolute Gasteiger partial charge is 0.228 e. The van der Waals surface area contributed by atoms with Crippen molar-refractivity contribution in [2.45, 2.75) is 38.6 Å². The van der Waals surface area contributed by atoms with Gasteiger partial charge in [-0.1, -0.05) is 30.3 Å². The third-order valence-corrected chi connectivity index (χ3v) is 4.55. The summed E-state index contributed by atoms with van der Waals surface area (Å²) in [4.78, 5) is 12.7. The lowest BCUT2D eigenvalue weighted by atomic mass is 9.78. The summed E-state index contributed by atoms with van der Waals surface area (Å²) < 4.78 is 5.33. The molecule has 0 saturated carbocycles. The highest BCUT2D eigenvalue weighted by atomic mass is 16.5. The molecule has 4 nitrogen and oxygen atoms in total. The van der Waals surface area contributed by atoms with E-state index in [-0.39, 0.29) is 17.4 Å². The van der Waals surface area contributed by atoms with Crippen molar-refractivity contribution in [2.75, 3.05) is 26.8 Å². The number of amides is 1. The van der Waals surface area contributed by atoms with Gasteiger partial charge in [-0.15, -0.1) is 0 Å². The number of hydrogen-bond acceptors (Lipinski definition) is 3. The largest absolute Gasteiger partial charge is 0.384 e. The number of carbonyl (C=O) groups excluding carboxylic acids is 1. The average Bonchev–Trinajstić information content (AvgIpc) is 2.55. The molecule has 1 aromatic rings. The van der Waals surface area contributed by atoms with E-state index in [0.717, 1.165) is 38.8 Å². The fourth-order valence-corrected chi connectivity index (χ4v) is 3.10. The number of hydrogen-bond donors (Lipinski definition) is 2. The maximum atomic E-state index is 12.7. The second-order valence-corrected chi connectivity index (χ2v) is 6.36. The minimum Gasteiger partial charge on any atom is -0.384 e. The van der Waals surface area contributed by atoms with E-state index in [2.05, 4.69) is 41.8 Å². The Morgan fingerprint density at radius 2 is 2.00 bits per heavy atom. The molecule has 22 heavy (non-hydrogen) atoms. The molecule has 0 radical (unpaired) electrons. The number of rotatable bonds is 7. The lowest BCUT2D eigenvalue weighted by Crippen LogP contribution is -2.52. The molecule has 0 aliphatic carbocycles. The van der Waals surface area contributed by atoms with Gasteiger partial charge >= 0.3 is 0 Å². The van der Waals surface area contributed by atoms with Crippen LogP contribution in [0.2, 0.25) is 0 Å². The molecule has 4 heteroatoms. The molecule has 1 saturated heterocycles. The molecule has 1 aromatic carbocycles. The predicted molar refractivity (Wildman–Crippen MR) is 88.8 cm³/mol. The van der Waals surface area contributed by atoms with Crippen molar-refractivity contribution >= 4 is 5.91 Å². The van der Waals surface area contributed by atoms with Gasteiger partial charge in [0, 0.05) is 13.2 Å². The van der Waals surface area contributed by atoms with Crippen molar-refractivity contribution in [1.82, 2.24) is 10.6 Å². The molecule has 1 aliphatic rings. The molecule has 1 aliphatic heterocycles. The molecule has 122 valence electrons. The lowest BCUT2D eigenvalue weighted by Gasteiger charge is -2.36. The van der Waals surface area contributed by atoms with Gasteiger partial charge in [0.2, 0.25) is 5.91 Å². The monoisotopic (exact) mass is 304 g/mol. The molecular formula is C18H28N2O2. The number of ether oxygens (including phenoxy) is 1.